The fourth-order valence-corrected chi connectivity index (χ4v) is 3.13. The highest BCUT2D eigenvalue weighted by Gasteiger charge is 2.43. The van der Waals surface area contributed by atoms with Crippen LogP contribution in [0.25, 0.3) is 0 Å². The largest absolute Gasteiger partial charge is 0.398 e. The molecule has 4 heteroatoms. The molecular formula is C17H26N2O2. The molecule has 0 spiro atoms. The molecule has 116 valence electrons. The van der Waals surface area contributed by atoms with Crippen LogP contribution in [0.3, 0.4) is 0 Å². The Morgan fingerprint density at radius 2 is 1.90 bits per heavy atom. The van der Waals surface area contributed by atoms with Gasteiger partial charge in [0.2, 0.25) is 5.91 Å². The number of carbonyl (C=O) groups is 1. The van der Waals surface area contributed by atoms with E-state index in [4.69, 9.17) is 10.5 Å². The van der Waals surface area contributed by atoms with E-state index in [1.165, 1.54) is 0 Å². The van der Waals surface area contributed by atoms with Gasteiger partial charge in [-0.2, -0.15) is 0 Å². The maximum atomic E-state index is 12.9. The molecule has 0 radical (unpaired) electrons. The second kappa shape index (κ2) is 6.48. The van der Waals surface area contributed by atoms with Crippen LogP contribution in [0, 0.1) is 11.8 Å². The lowest BCUT2D eigenvalue weighted by atomic mass is 9.88. The minimum atomic E-state index is -0.0649. The van der Waals surface area contributed by atoms with Gasteiger partial charge in [-0.25, -0.2) is 0 Å². The number of ether oxygens (including phenoxy) is 1. The molecule has 1 aliphatic heterocycles. The molecule has 1 saturated heterocycles. The molecule has 4 unspecified atom stereocenters. The molecular weight excluding hydrogens is 264 g/mol. The number of para-hydroxylation sites is 1. The van der Waals surface area contributed by atoms with Gasteiger partial charge >= 0.3 is 0 Å². The van der Waals surface area contributed by atoms with Gasteiger partial charge in [0.15, 0.2) is 0 Å². The lowest BCUT2D eigenvalue weighted by Crippen LogP contribution is -2.40. The topological polar surface area (TPSA) is 55.6 Å². The average Bonchev–Trinajstić information content (AvgIpc) is 2.70. The summed E-state index contributed by atoms with van der Waals surface area (Å²) in [5.74, 6) is 0.352. The maximum absolute atomic E-state index is 12.9. The summed E-state index contributed by atoms with van der Waals surface area (Å²) < 4.78 is 5.80. The van der Waals surface area contributed by atoms with Gasteiger partial charge in [0.1, 0.15) is 0 Å². The number of anilines is 1. The van der Waals surface area contributed by atoms with Crippen LogP contribution in [-0.4, -0.2) is 29.6 Å². The Morgan fingerprint density at radius 3 is 2.43 bits per heavy atom. The van der Waals surface area contributed by atoms with Crippen molar-refractivity contribution in [2.45, 2.75) is 46.4 Å². The minimum absolute atomic E-state index is 0.0235. The van der Waals surface area contributed by atoms with Crippen LogP contribution >= 0.6 is 0 Å². The van der Waals surface area contributed by atoms with E-state index < -0.39 is 0 Å². The van der Waals surface area contributed by atoms with E-state index >= 15 is 0 Å². The number of amides is 1. The number of hydrogen-bond donors (Lipinski definition) is 1. The van der Waals surface area contributed by atoms with Crippen molar-refractivity contribution >= 4 is 11.6 Å². The SMILES string of the molecule is CCN(Cc1ccccc1N)C(=O)C1C(C)OC(C)C1C. The van der Waals surface area contributed by atoms with E-state index in [9.17, 15) is 4.79 Å². The Balaban J connectivity index is 2.14. The standard InChI is InChI=1S/C17H26N2O2/c1-5-19(10-14-8-6-7-9-15(14)18)17(20)16-11(2)12(3)21-13(16)4/h6-9,11-13,16H,5,10,18H2,1-4H3. The molecule has 1 aliphatic rings. The van der Waals surface area contributed by atoms with Gasteiger partial charge in [-0.15, -0.1) is 0 Å². The number of benzene rings is 1. The predicted octanol–water partition coefficient (Wildman–Crippen LogP) is 2.68. The van der Waals surface area contributed by atoms with Gasteiger partial charge < -0.3 is 15.4 Å². The molecule has 4 atom stereocenters. The molecule has 0 saturated carbocycles. The van der Waals surface area contributed by atoms with E-state index in [2.05, 4.69) is 6.92 Å². The minimum Gasteiger partial charge on any atom is -0.398 e. The molecule has 1 heterocycles. The fraction of sp³-hybridized carbons (Fsp3) is 0.588. The Labute approximate surface area is 127 Å². The quantitative estimate of drug-likeness (QED) is 0.867. The highest BCUT2D eigenvalue weighted by molar-refractivity contribution is 5.80. The van der Waals surface area contributed by atoms with Crippen molar-refractivity contribution in [1.82, 2.24) is 4.90 Å². The third-order valence-electron chi connectivity index (χ3n) is 4.64. The second-order valence-electron chi connectivity index (χ2n) is 5.98. The summed E-state index contributed by atoms with van der Waals surface area (Å²) in [6, 6.07) is 7.72. The molecule has 0 bridgehead atoms. The first-order valence-corrected chi connectivity index (χ1v) is 7.73. The number of hydrogen-bond acceptors (Lipinski definition) is 3. The van der Waals surface area contributed by atoms with Crippen molar-refractivity contribution in [3.05, 3.63) is 29.8 Å². The van der Waals surface area contributed by atoms with E-state index in [1.807, 2.05) is 49.9 Å². The van der Waals surface area contributed by atoms with Crippen molar-refractivity contribution in [1.29, 1.82) is 0 Å². The molecule has 2 N–H and O–H groups in total. The molecule has 4 nitrogen and oxygen atoms in total. The molecule has 0 aromatic heterocycles. The van der Waals surface area contributed by atoms with Crippen LogP contribution in [0.4, 0.5) is 5.69 Å². The summed E-state index contributed by atoms with van der Waals surface area (Å²) in [5.41, 5.74) is 7.73. The summed E-state index contributed by atoms with van der Waals surface area (Å²) in [7, 11) is 0. The number of nitrogens with two attached hydrogens (primary N) is 1. The third-order valence-corrected chi connectivity index (χ3v) is 4.64. The number of nitrogen functional groups attached to an aromatic ring is 1. The van der Waals surface area contributed by atoms with Gasteiger partial charge in [-0.05, 0) is 38.3 Å². The van der Waals surface area contributed by atoms with Gasteiger partial charge in [-0.3, -0.25) is 4.79 Å². The molecule has 21 heavy (non-hydrogen) atoms. The summed E-state index contributed by atoms with van der Waals surface area (Å²) in [4.78, 5) is 14.7. The van der Waals surface area contributed by atoms with Crippen LogP contribution < -0.4 is 5.73 Å². The van der Waals surface area contributed by atoms with E-state index in [1.54, 1.807) is 0 Å². The highest BCUT2D eigenvalue weighted by Crippen LogP contribution is 2.33. The number of nitrogens with zero attached hydrogens (tertiary/aromatic N) is 1. The molecule has 1 amide bonds. The van der Waals surface area contributed by atoms with Crippen LogP contribution in [0.15, 0.2) is 24.3 Å². The molecule has 1 fully saturated rings. The first-order chi connectivity index (χ1) is 9.95. The van der Waals surface area contributed by atoms with Crippen LogP contribution in [-0.2, 0) is 16.1 Å². The van der Waals surface area contributed by atoms with E-state index in [0.29, 0.717) is 13.1 Å². The van der Waals surface area contributed by atoms with Gasteiger partial charge in [-0.1, -0.05) is 25.1 Å². The highest BCUT2D eigenvalue weighted by atomic mass is 16.5. The second-order valence-corrected chi connectivity index (χ2v) is 5.98. The van der Waals surface area contributed by atoms with E-state index in [-0.39, 0.29) is 30.0 Å². The van der Waals surface area contributed by atoms with E-state index in [0.717, 1.165) is 11.3 Å². The van der Waals surface area contributed by atoms with Crippen molar-refractivity contribution in [2.24, 2.45) is 11.8 Å². The normalized spacial score (nSPS) is 28.6. The Morgan fingerprint density at radius 1 is 1.24 bits per heavy atom. The smallest absolute Gasteiger partial charge is 0.228 e. The summed E-state index contributed by atoms with van der Waals surface area (Å²) in [6.07, 6.45) is 0.110. The molecule has 0 aliphatic carbocycles. The Hall–Kier alpha value is -1.55. The maximum Gasteiger partial charge on any atom is 0.228 e. The van der Waals surface area contributed by atoms with Gasteiger partial charge in [0.25, 0.3) is 0 Å². The van der Waals surface area contributed by atoms with Gasteiger partial charge in [0.05, 0.1) is 18.1 Å². The lowest BCUT2D eigenvalue weighted by Gasteiger charge is -2.28. The van der Waals surface area contributed by atoms with Crippen LogP contribution in [0.2, 0.25) is 0 Å². The van der Waals surface area contributed by atoms with Crippen molar-refractivity contribution < 1.29 is 9.53 Å². The molecule has 2 rings (SSSR count). The molecule has 1 aromatic carbocycles. The zero-order valence-corrected chi connectivity index (χ0v) is 13.4. The average molecular weight is 290 g/mol. The van der Waals surface area contributed by atoms with Crippen molar-refractivity contribution in [3.63, 3.8) is 0 Å². The Kier molecular flexibility index (Phi) is 4.88. The van der Waals surface area contributed by atoms with Crippen molar-refractivity contribution in [2.75, 3.05) is 12.3 Å². The monoisotopic (exact) mass is 290 g/mol. The number of carbonyl (C=O) groups excluding carboxylic acids is 1. The predicted molar refractivity (Wildman–Crippen MR) is 84.6 cm³/mol. The first kappa shape index (κ1) is 15.8. The van der Waals surface area contributed by atoms with Crippen molar-refractivity contribution in [3.8, 4) is 0 Å². The van der Waals surface area contributed by atoms with Crippen LogP contribution in [0.1, 0.15) is 33.3 Å². The van der Waals surface area contributed by atoms with Gasteiger partial charge in [0, 0.05) is 18.8 Å². The first-order valence-electron chi connectivity index (χ1n) is 7.73. The summed E-state index contributed by atoms with van der Waals surface area (Å²) >= 11 is 0. The molecule has 1 aromatic rings. The zero-order valence-electron chi connectivity index (χ0n) is 13.4. The Bertz CT molecular complexity index is 503. The van der Waals surface area contributed by atoms with Crippen LogP contribution in [0.5, 0.6) is 0 Å². The fourth-order valence-electron chi connectivity index (χ4n) is 3.13. The third kappa shape index (κ3) is 3.21. The number of rotatable bonds is 4. The lowest BCUT2D eigenvalue weighted by molar-refractivity contribution is -0.138. The summed E-state index contributed by atoms with van der Waals surface area (Å²) in [5, 5.41) is 0. The zero-order chi connectivity index (χ0) is 15.6. The summed E-state index contributed by atoms with van der Waals surface area (Å²) in [6.45, 7) is 9.38.